The molecule has 3 aliphatic carbocycles. The van der Waals surface area contributed by atoms with Crippen molar-refractivity contribution in [3.63, 3.8) is 0 Å². The van der Waals surface area contributed by atoms with Gasteiger partial charge in [0, 0.05) is 16.2 Å². The maximum atomic E-state index is 4.28. The van der Waals surface area contributed by atoms with Crippen LogP contribution < -0.4 is 0 Å². The Labute approximate surface area is 208 Å². The standard InChI is InChI=1S/C32H38.C2H6/c1-22-10-9-11-26(22)24-12-14-25(15-13-24)32(16-7-8-17-32)27-21-29-28(20-23(27)2)30(3,4)18-19-31(29,5)6;1-2/h11-15,18-21H,1,7-10,16-17H2,2-6H3;1-2H3. The zero-order valence-corrected chi connectivity index (χ0v) is 22.6. The molecule has 0 bridgehead atoms. The molecule has 0 spiro atoms. The van der Waals surface area contributed by atoms with Gasteiger partial charge in [-0.2, -0.15) is 0 Å². The van der Waals surface area contributed by atoms with Gasteiger partial charge in [0.25, 0.3) is 0 Å². The first-order valence-electron chi connectivity index (χ1n) is 13.5. The zero-order valence-electron chi connectivity index (χ0n) is 22.6. The molecule has 3 aliphatic rings. The number of hydrogen-bond acceptors (Lipinski definition) is 0. The predicted molar refractivity (Wildman–Crippen MR) is 150 cm³/mol. The molecule has 0 heterocycles. The number of benzene rings is 2. The molecule has 1 fully saturated rings. The predicted octanol–water partition coefficient (Wildman–Crippen LogP) is 9.74. The molecule has 34 heavy (non-hydrogen) atoms. The van der Waals surface area contributed by atoms with Crippen molar-refractivity contribution < 1.29 is 0 Å². The van der Waals surface area contributed by atoms with E-state index in [1.54, 1.807) is 5.56 Å². The van der Waals surface area contributed by atoms with Crippen molar-refractivity contribution in [3.8, 4) is 0 Å². The van der Waals surface area contributed by atoms with Gasteiger partial charge < -0.3 is 0 Å². The smallest absolute Gasteiger partial charge is 0.0205 e. The molecule has 0 aliphatic heterocycles. The van der Waals surface area contributed by atoms with Crippen molar-refractivity contribution in [2.45, 2.75) is 103 Å². The molecule has 1 saturated carbocycles. The SMILES string of the molecule is C=C1CCC=C1c1ccc(C2(c3cc4c(cc3C)C(C)(C)C=CC4(C)C)CCCC2)cc1.CC. The Kier molecular flexibility index (Phi) is 6.58. The van der Waals surface area contributed by atoms with Crippen LogP contribution >= 0.6 is 0 Å². The van der Waals surface area contributed by atoms with Gasteiger partial charge in [-0.25, -0.2) is 0 Å². The molecule has 0 nitrogen and oxygen atoms in total. The Hall–Kier alpha value is -2.34. The van der Waals surface area contributed by atoms with Crippen LogP contribution in [-0.2, 0) is 16.2 Å². The highest BCUT2D eigenvalue weighted by Crippen LogP contribution is 2.51. The lowest BCUT2D eigenvalue weighted by atomic mass is 9.64. The van der Waals surface area contributed by atoms with Crippen molar-refractivity contribution in [2.24, 2.45) is 0 Å². The molecule has 0 amide bonds. The van der Waals surface area contributed by atoms with Crippen LogP contribution in [0.2, 0.25) is 0 Å². The van der Waals surface area contributed by atoms with Crippen LogP contribution in [0.3, 0.4) is 0 Å². The van der Waals surface area contributed by atoms with E-state index in [4.69, 9.17) is 0 Å². The van der Waals surface area contributed by atoms with Crippen LogP contribution in [0.15, 0.2) is 66.8 Å². The Morgan fingerprint density at radius 2 is 1.32 bits per heavy atom. The lowest BCUT2D eigenvalue weighted by Gasteiger charge is -2.40. The summed E-state index contributed by atoms with van der Waals surface area (Å²) < 4.78 is 0. The van der Waals surface area contributed by atoms with E-state index in [-0.39, 0.29) is 16.2 Å². The molecule has 0 aromatic heterocycles. The topological polar surface area (TPSA) is 0 Å². The minimum absolute atomic E-state index is 0.0757. The summed E-state index contributed by atoms with van der Waals surface area (Å²) in [7, 11) is 0. The minimum Gasteiger partial charge on any atom is -0.0952 e. The third kappa shape index (κ3) is 4.04. The molecule has 0 saturated heterocycles. The third-order valence-electron chi connectivity index (χ3n) is 8.57. The van der Waals surface area contributed by atoms with Crippen molar-refractivity contribution >= 4 is 5.57 Å². The fourth-order valence-electron chi connectivity index (χ4n) is 6.54. The van der Waals surface area contributed by atoms with Gasteiger partial charge in [0.05, 0.1) is 0 Å². The molecule has 0 unspecified atom stereocenters. The van der Waals surface area contributed by atoms with Crippen LogP contribution in [0.5, 0.6) is 0 Å². The monoisotopic (exact) mass is 452 g/mol. The van der Waals surface area contributed by atoms with Gasteiger partial charge >= 0.3 is 0 Å². The second-order valence-corrected chi connectivity index (χ2v) is 11.6. The van der Waals surface area contributed by atoms with Crippen LogP contribution in [0.4, 0.5) is 0 Å². The van der Waals surface area contributed by atoms with Gasteiger partial charge in [0.15, 0.2) is 0 Å². The van der Waals surface area contributed by atoms with E-state index < -0.39 is 0 Å². The van der Waals surface area contributed by atoms with Crippen LogP contribution in [-0.4, -0.2) is 0 Å². The summed E-state index contributed by atoms with van der Waals surface area (Å²) in [6.07, 6.45) is 14.6. The summed E-state index contributed by atoms with van der Waals surface area (Å²) in [6.45, 7) is 20.1. The molecule has 0 heteroatoms. The van der Waals surface area contributed by atoms with E-state index in [0.29, 0.717) is 0 Å². The number of allylic oxidation sites excluding steroid dienone is 5. The highest BCUT2D eigenvalue weighted by Gasteiger charge is 2.41. The summed E-state index contributed by atoms with van der Waals surface area (Å²) in [4.78, 5) is 0. The molecule has 5 rings (SSSR count). The number of aryl methyl sites for hydroxylation is 1. The first-order chi connectivity index (χ1) is 16.1. The van der Waals surface area contributed by atoms with E-state index >= 15 is 0 Å². The zero-order chi connectivity index (χ0) is 24.7. The number of hydrogen-bond donors (Lipinski definition) is 0. The lowest BCUT2D eigenvalue weighted by molar-refractivity contribution is 0.520. The van der Waals surface area contributed by atoms with E-state index in [9.17, 15) is 0 Å². The van der Waals surface area contributed by atoms with Gasteiger partial charge in [0.2, 0.25) is 0 Å². The summed E-state index contributed by atoms with van der Waals surface area (Å²) in [5, 5.41) is 0. The van der Waals surface area contributed by atoms with Crippen LogP contribution in [0.1, 0.15) is 113 Å². The summed E-state index contributed by atoms with van der Waals surface area (Å²) >= 11 is 0. The van der Waals surface area contributed by atoms with E-state index in [1.807, 2.05) is 13.8 Å². The number of rotatable bonds is 3. The quantitative estimate of drug-likeness (QED) is 0.406. The van der Waals surface area contributed by atoms with Gasteiger partial charge in [-0.05, 0) is 77.1 Å². The highest BCUT2D eigenvalue weighted by atomic mass is 14.4. The Morgan fingerprint density at radius 1 is 0.765 bits per heavy atom. The molecule has 2 aromatic carbocycles. The van der Waals surface area contributed by atoms with Crippen LogP contribution in [0, 0.1) is 6.92 Å². The Balaban J connectivity index is 0.00000133. The van der Waals surface area contributed by atoms with Crippen molar-refractivity contribution in [3.05, 3.63) is 100 Å². The van der Waals surface area contributed by atoms with Crippen molar-refractivity contribution in [2.75, 3.05) is 0 Å². The largest absolute Gasteiger partial charge is 0.0952 e. The molecule has 2 aromatic rings. The number of fused-ring (bicyclic) bond motifs is 1. The van der Waals surface area contributed by atoms with E-state index in [0.717, 1.165) is 12.8 Å². The van der Waals surface area contributed by atoms with E-state index in [2.05, 4.69) is 95.8 Å². The highest BCUT2D eigenvalue weighted by molar-refractivity contribution is 5.80. The average Bonchev–Trinajstić information content (AvgIpc) is 3.48. The third-order valence-corrected chi connectivity index (χ3v) is 8.57. The lowest BCUT2D eigenvalue weighted by Crippen LogP contribution is -2.32. The van der Waals surface area contributed by atoms with Gasteiger partial charge in [-0.3, -0.25) is 0 Å². The first-order valence-corrected chi connectivity index (χ1v) is 13.5. The average molecular weight is 453 g/mol. The molecule has 0 radical (unpaired) electrons. The second-order valence-electron chi connectivity index (χ2n) is 11.6. The van der Waals surface area contributed by atoms with Gasteiger partial charge in [-0.15, -0.1) is 0 Å². The van der Waals surface area contributed by atoms with Crippen molar-refractivity contribution in [1.82, 2.24) is 0 Å². The normalized spacial score (nSPS) is 21.5. The fourth-order valence-corrected chi connectivity index (χ4v) is 6.54. The van der Waals surface area contributed by atoms with E-state index in [1.165, 1.54) is 64.6 Å². The molecule has 0 N–H and O–H groups in total. The van der Waals surface area contributed by atoms with Gasteiger partial charge in [0.1, 0.15) is 0 Å². The molecule has 0 atom stereocenters. The molecular weight excluding hydrogens is 408 g/mol. The maximum absolute atomic E-state index is 4.28. The summed E-state index contributed by atoms with van der Waals surface area (Å²) in [6, 6.07) is 14.6. The Bertz CT molecular complexity index is 1130. The Morgan fingerprint density at radius 3 is 1.85 bits per heavy atom. The van der Waals surface area contributed by atoms with Gasteiger partial charge in [-0.1, -0.05) is 116 Å². The van der Waals surface area contributed by atoms with Crippen molar-refractivity contribution in [1.29, 1.82) is 0 Å². The fraction of sp³-hybridized carbons (Fsp3) is 0.471. The second kappa shape index (κ2) is 9.03. The molecule has 180 valence electrons. The summed E-state index contributed by atoms with van der Waals surface area (Å²) in [5.41, 5.74) is 11.8. The summed E-state index contributed by atoms with van der Waals surface area (Å²) in [5.74, 6) is 0. The molecular formula is C34H44. The minimum atomic E-state index is 0.0757. The van der Waals surface area contributed by atoms with Crippen LogP contribution in [0.25, 0.3) is 5.57 Å². The first kappa shape index (κ1) is 24.8. The maximum Gasteiger partial charge on any atom is 0.0205 e.